The van der Waals surface area contributed by atoms with Crippen LogP contribution in [-0.4, -0.2) is 60.0 Å². The number of ketones is 1. The Morgan fingerprint density at radius 1 is 1.30 bits per heavy atom. The molecule has 1 fully saturated rings. The maximum absolute atomic E-state index is 13.3. The fourth-order valence-corrected chi connectivity index (χ4v) is 4.12. The number of furan rings is 1. The molecule has 1 aliphatic heterocycles. The van der Waals surface area contributed by atoms with Crippen LogP contribution in [0.3, 0.4) is 0 Å². The summed E-state index contributed by atoms with van der Waals surface area (Å²) in [6, 6.07) is 3.21. The zero-order valence-corrected chi connectivity index (χ0v) is 17.9. The molecule has 3 rings (SSSR count). The van der Waals surface area contributed by atoms with Gasteiger partial charge in [-0.2, -0.15) is 0 Å². The van der Waals surface area contributed by atoms with E-state index in [2.05, 4.69) is 0 Å². The van der Waals surface area contributed by atoms with Crippen LogP contribution < -0.4 is 0 Å². The monoisotopic (exact) mass is 416 g/mol. The molecule has 0 radical (unpaired) electrons. The fourth-order valence-electron chi connectivity index (χ4n) is 4.12. The van der Waals surface area contributed by atoms with Crippen molar-refractivity contribution < 1.29 is 28.3 Å². The summed E-state index contributed by atoms with van der Waals surface area (Å²) in [4.78, 5) is 40.0. The largest absolute Gasteiger partial charge is 0.464 e. The molecule has 30 heavy (non-hydrogen) atoms. The lowest BCUT2D eigenvalue weighted by atomic mass is 10.0. The number of nitrogens with zero attached hydrogens (tertiary/aromatic N) is 2. The van der Waals surface area contributed by atoms with Gasteiger partial charge < -0.3 is 23.4 Å². The molecule has 1 aliphatic rings. The molecule has 2 aromatic rings. The van der Waals surface area contributed by atoms with Crippen LogP contribution in [-0.2, 0) is 16.0 Å². The van der Waals surface area contributed by atoms with E-state index in [0.717, 1.165) is 12.8 Å². The van der Waals surface area contributed by atoms with Crippen LogP contribution in [0.5, 0.6) is 0 Å². The first-order valence-corrected chi connectivity index (χ1v) is 10.1. The van der Waals surface area contributed by atoms with E-state index in [1.165, 1.54) is 18.3 Å². The molecule has 0 saturated carbocycles. The second-order valence-electron chi connectivity index (χ2n) is 7.39. The predicted molar refractivity (Wildman–Crippen MR) is 109 cm³/mol. The first kappa shape index (κ1) is 21.8. The van der Waals surface area contributed by atoms with E-state index in [0.29, 0.717) is 42.2 Å². The second kappa shape index (κ2) is 9.30. The third-order valence-electron chi connectivity index (χ3n) is 5.54. The van der Waals surface area contributed by atoms with Crippen LogP contribution in [0.15, 0.2) is 22.8 Å². The minimum absolute atomic E-state index is 0.107. The molecule has 1 saturated heterocycles. The van der Waals surface area contributed by atoms with Crippen molar-refractivity contribution in [2.24, 2.45) is 0 Å². The third kappa shape index (κ3) is 4.18. The van der Waals surface area contributed by atoms with E-state index in [1.807, 2.05) is 6.92 Å². The number of esters is 1. The number of carbonyl (C=O) groups excluding carboxylic acids is 3. The number of ether oxygens (including phenoxy) is 2. The Hall–Kier alpha value is -2.87. The second-order valence-corrected chi connectivity index (χ2v) is 7.39. The van der Waals surface area contributed by atoms with E-state index in [4.69, 9.17) is 13.9 Å². The molecule has 3 heterocycles. The standard InChI is InChI=1S/C22H28N2O6/c1-5-24-15(3)19(14(2)20(24)22(27)28-4)17(25)13-23(12-16-8-6-10-29-16)21(26)18-9-7-11-30-18/h7,9,11,16H,5-6,8,10,12-13H2,1-4H3/t16-/m1/s1. The molecule has 8 nitrogen and oxygen atoms in total. The number of carbonyl (C=O) groups is 3. The number of aromatic nitrogens is 1. The summed E-state index contributed by atoms with van der Waals surface area (Å²) in [5.41, 5.74) is 2.06. The van der Waals surface area contributed by atoms with Crippen LogP contribution >= 0.6 is 0 Å². The van der Waals surface area contributed by atoms with Crippen molar-refractivity contribution >= 4 is 17.7 Å². The van der Waals surface area contributed by atoms with Gasteiger partial charge in [0.1, 0.15) is 5.69 Å². The average Bonchev–Trinajstić information content (AvgIpc) is 3.47. The highest BCUT2D eigenvalue weighted by Crippen LogP contribution is 2.25. The molecular formula is C22H28N2O6. The highest BCUT2D eigenvalue weighted by molar-refractivity contribution is 6.05. The smallest absolute Gasteiger partial charge is 0.354 e. The van der Waals surface area contributed by atoms with E-state index in [9.17, 15) is 14.4 Å². The van der Waals surface area contributed by atoms with Gasteiger partial charge in [0, 0.05) is 31.0 Å². The zero-order chi connectivity index (χ0) is 21.8. The fraction of sp³-hybridized carbons (Fsp3) is 0.500. The molecule has 0 N–H and O–H groups in total. The molecule has 2 aromatic heterocycles. The van der Waals surface area contributed by atoms with Crippen molar-refractivity contribution in [1.82, 2.24) is 9.47 Å². The Kier molecular flexibility index (Phi) is 6.77. The van der Waals surface area contributed by atoms with E-state index in [1.54, 1.807) is 30.5 Å². The number of methoxy groups -OCH3 is 1. The minimum Gasteiger partial charge on any atom is -0.464 e. The Labute approximate surface area is 175 Å². The first-order chi connectivity index (χ1) is 14.4. The van der Waals surface area contributed by atoms with E-state index >= 15 is 0 Å². The van der Waals surface area contributed by atoms with Crippen LogP contribution in [0.25, 0.3) is 0 Å². The number of amides is 1. The van der Waals surface area contributed by atoms with Crippen molar-refractivity contribution in [3.05, 3.63) is 46.7 Å². The Balaban J connectivity index is 1.91. The average molecular weight is 416 g/mol. The molecule has 1 amide bonds. The quantitative estimate of drug-likeness (QED) is 0.485. The Morgan fingerprint density at radius 3 is 2.63 bits per heavy atom. The van der Waals surface area contributed by atoms with E-state index in [-0.39, 0.29) is 30.1 Å². The minimum atomic E-state index is -0.487. The SMILES string of the molecule is CCn1c(C)c(C(=O)CN(C[C@H]2CCCO2)C(=O)c2ccco2)c(C)c1C(=O)OC. The summed E-state index contributed by atoms with van der Waals surface area (Å²) in [5.74, 6) is -0.905. The molecule has 0 unspecified atom stereocenters. The number of rotatable bonds is 8. The van der Waals surface area contributed by atoms with Gasteiger partial charge in [-0.3, -0.25) is 9.59 Å². The summed E-state index contributed by atoms with van der Waals surface area (Å²) < 4.78 is 17.6. The third-order valence-corrected chi connectivity index (χ3v) is 5.54. The molecular weight excluding hydrogens is 388 g/mol. The highest BCUT2D eigenvalue weighted by atomic mass is 16.5. The van der Waals surface area contributed by atoms with Crippen molar-refractivity contribution in [2.75, 3.05) is 26.8 Å². The van der Waals surface area contributed by atoms with Gasteiger partial charge in [0.05, 0.1) is 26.0 Å². The van der Waals surface area contributed by atoms with Crippen LogP contribution in [0.2, 0.25) is 0 Å². The zero-order valence-electron chi connectivity index (χ0n) is 17.9. The maximum atomic E-state index is 13.3. The Morgan fingerprint density at radius 2 is 2.07 bits per heavy atom. The van der Waals surface area contributed by atoms with Crippen LogP contribution in [0, 0.1) is 13.8 Å². The van der Waals surface area contributed by atoms with Gasteiger partial charge in [0.2, 0.25) is 0 Å². The van der Waals surface area contributed by atoms with Gasteiger partial charge >= 0.3 is 5.97 Å². The number of hydrogen-bond donors (Lipinski definition) is 0. The lowest BCUT2D eigenvalue weighted by Gasteiger charge is -2.24. The van der Waals surface area contributed by atoms with Gasteiger partial charge in [-0.25, -0.2) is 4.79 Å². The number of Topliss-reactive ketones (excluding diaryl/α,β-unsaturated/α-hetero) is 1. The van der Waals surface area contributed by atoms with Crippen LogP contribution in [0.1, 0.15) is 62.4 Å². The first-order valence-electron chi connectivity index (χ1n) is 10.1. The van der Waals surface area contributed by atoms with E-state index < -0.39 is 5.97 Å². The van der Waals surface area contributed by atoms with Gasteiger partial charge in [-0.1, -0.05) is 0 Å². The molecule has 8 heteroatoms. The van der Waals surface area contributed by atoms with Gasteiger partial charge in [0.15, 0.2) is 11.5 Å². The highest BCUT2D eigenvalue weighted by Gasteiger charge is 2.30. The molecule has 0 bridgehead atoms. The lowest BCUT2D eigenvalue weighted by molar-refractivity contribution is 0.0485. The Bertz CT molecular complexity index is 922. The normalized spacial score (nSPS) is 15.9. The number of hydrogen-bond acceptors (Lipinski definition) is 6. The molecule has 162 valence electrons. The molecule has 1 atom stereocenters. The van der Waals surface area contributed by atoms with Crippen molar-refractivity contribution in [1.29, 1.82) is 0 Å². The van der Waals surface area contributed by atoms with Crippen molar-refractivity contribution in [3.8, 4) is 0 Å². The molecule has 0 spiro atoms. The lowest BCUT2D eigenvalue weighted by Crippen LogP contribution is -2.40. The van der Waals surface area contributed by atoms with Gasteiger partial charge in [0.25, 0.3) is 5.91 Å². The predicted octanol–water partition coefficient (Wildman–Crippen LogP) is 3.01. The van der Waals surface area contributed by atoms with Gasteiger partial charge in [-0.15, -0.1) is 0 Å². The summed E-state index contributed by atoms with van der Waals surface area (Å²) in [6.07, 6.45) is 3.09. The maximum Gasteiger partial charge on any atom is 0.354 e. The van der Waals surface area contributed by atoms with Crippen molar-refractivity contribution in [3.63, 3.8) is 0 Å². The topological polar surface area (TPSA) is 91.0 Å². The van der Waals surface area contributed by atoms with Crippen LogP contribution in [0.4, 0.5) is 0 Å². The summed E-state index contributed by atoms with van der Waals surface area (Å²) in [5, 5.41) is 0. The molecule has 0 aliphatic carbocycles. The molecule has 0 aromatic carbocycles. The van der Waals surface area contributed by atoms with Gasteiger partial charge in [-0.05, 0) is 51.3 Å². The summed E-state index contributed by atoms with van der Waals surface area (Å²) in [6.45, 7) is 6.79. The summed E-state index contributed by atoms with van der Waals surface area (Å²) >= 11 is 0. The van der Waals surface area contributed by atoms with Crippen molar-refractivity contribution in [2.45, 2.75) is 46.3 Å². The summed E-state index contributed by atoms with van der Waals surface area (Å²) in [7, 11) is 1.32.